The first kappa shape index (κ1) is 16.9. The molecule has 0 bridgehead atoms. The Morgan fingerprint density at radius 2 is 1.90 bits per heavy atom. The standard InChI is InChI=1S/C12H18N4O4S/c13-12(16-18)10-4-2-9(3-5-10)8-11(17)15-6-1-7-21(14,19)20/h2-5,18H,1,6-8H2,(H2,13,16)(H,15,17)(H2,14,19,20). The number of hydrogen-bond acceptors (Lipinski definition) is 5. The first-order valence-electron chi connectivity index (χ1n) is 6.16. The number of benzene rings is 1. The summed E-state index contributed by atoms with van der Waals surface area (Å²) in [5.41, 5.74) is 6.73. The molecule has 0 aliphatic rings. The number of nitrogens with zero attached hydrogens (tertiary/aromatic N) is 1. The molecule has 1 aromatic rings. The minimum Gasteiger partial charge on any atom is -0.409 e. The van der Waals surface area contributed by atoms with Gasteiger partial charge >= 0.3 is 0 Å². The maximum absolute atomic E-state index is 11.6. The third-order valence-electron chi connectivity index (χ3n) is 2.65. The second kappa shape index (κ2) is 7.60. The van der Waals surface area contributed by atoms with Crippen molar-refractivity contribution in [2.75, 3.05) is 12.3 Å². The van der Waals surface area contributed by atoms with E-state index in [-0.39, 0.29) is 36.9 Å². The van der Waals surface area contributed by atoms with Gasteiger partial charge in [0, 0.05) is 12.1 Å². The van der Waals surface area contributed by atoms with Crippen LogP contribution in [0.2, 0.25) is 0 Å². The van der Waals surface area contributed by atoms with E-state index in [1.54, 1.807) is 24.3 Å². The number of oxime groups is 1. The van der Waals surface area contributed by atoms with Gasteiger partial charge in [-0.2, -0.15) is 0 Å². The van der Waals surface area contributed by atoms with Crippen LogP contribution in [-0.2, 0) is 21.2 Å². The molecule has 0 radical (unpaired) electrons. The van der Waals surface area contributed by atoms with Gasteiger partial charge in [-0.25, -0.2) is 13.6 Å². The van der Waals surface area contributed by atoms with Crippen LogP contribution >= 0.6 is 0 Å². The van der Waals surface area contributed by atoms with Gasteiger partial charge in [0.15, 0.2) is 5.84 Å². The number of nitrogens with two attached hydrogens (primary N) is 2. The molecule has 0 spiro atoms. The molecule has 0 atom stereocenters. The fourth-order valence-electron chi connectivity index (χ4n) is 1.60. The molecule has 0 aliphatic heterocycles. The summed E-state index contributed by atoms with van der Waals surface area (Å²) in [5.74, 6) is -0.392. The second-order valence-electron chi connectivity index (χ2n) is 4.43. The maximum Gasteiger partial charge on any atom is 0.224 e. The van der Waals surface area contributed by atoms with Crippen LogP contribution in [0.25, 0.3) is 0 Å². The van der Waals surface area contributed by atoms with E-state index in [4.69, 9.17) is 16.1 Å². The Kier molecular flexibility index (Phi) is 6.12. The fraction of sp³-hybridized carbons (Fsp3) is 0.333. The number of sulfonamides is 1. The Balaban J connectivity index is 2.41. The molecule has 116 valence electrons. The van der Waals surface area contributed by atoms with Crippen molar-refractivity contribution >= 4 is 21.8 Å². The Hall–Kier alpha value is -2.13. The van der Waals surface area contributed by atoms with Gasteiger partial charge in [0.1, 0.15) is 0 Å². The number of rotatable bonds is 7. The molecule has 8 nitrogen and oxygen atoms in total. The molecule has 1 aromatic carbocycles. The molecule has 1 amide bonds. The molecule has 0 heterocycles. The van der Waals surface area contributed by atoms with E-state index in [1.807, 2.05) is 0 Å². The smallest absolute Gasteiger partial charge is 0.224 e. The lowest BCUT2D eigenvalue weighted by Gasteiger charge is -2.05. The number of carbonyl (C=O) groups is 1. The largest absolute Gasteiger partial charge is 0.409 e. The van der Waals surface area contributed by atoms with E-state index in [2.05, 4.69) is 10.5 Å². The molecule has 0 unspecified atom stereocenters. The molecule has 1 rings (SSSR count). The topological polar surface area (TPSA) is 148 Å². The molecular formula is C12H18N4O4S. The number of amidine groups is 1. The Morgan fingerprint density at radius 1 is 1.29 bits per heavy atom. The zero-order valence-corrected chi connectivity index (χ0v) is 12.1. The van der Waals surface area contributed by atoms with Gasteiger partial charge in [-0.15, -0.1) is 0 Å². The monoisotopic (exact) mass is 314 g/mol. The Labute approximate surface area is 122 Å². The van der Waals surface area contributed by atoms with Crippen LogP contribution in [-0.4, -0.2) is 37.7 Å². The SMILES string of the molecule is NC(=NO)c1ccc(CC(=O)NCCCS(N)(=O)=O)cc1. The van der Waals surface area contributed by atoms with Crippen molar-refractivity contribution in [3.63, 3.8) is 0 Å². The van der Waals surface area contributed by atoms with Crippen molar-refractivity contribution in [2.24, 2.45) is 16.0 Å². The molecule has 9 heteroatoms. The van der Waals surface area contributed by atoms with Crippen LogP contribution in [0.1, 0.15) is 17.5 Å². The van der Waals surface area contributed by atoms with Gasteiger partial charge < -0.3 is 16.3 Å². The molecule has 0 saturated carbocycles. The Morgan fingerprint density at radius 3 is 2.43 bits per heavy atom. The van der Waals surface area contributed by atoms with Crippen LogP contribution in [0, 0.1) is 0 Å². The van der Waals surface area contributed by atoms with E-state index in [1.165, 1.54) is 0 Å². The third kappa shape index (κ3) is 6.72. The predicted octanol–water partition coefficient (Wildman–Crippen LogP) is -0.882. The van der Waals surface area contributed by atoms with Gasteiger partial charge in [-0.1, -0.05) is 29.4 Å². The van der Waals surface area contributed by atoms with Crippen molar-refractivity contribution in [1.82, 2.24) is 5.32 Å². The van der Waals surface area contributed by atoms with Gasteiger partial charge in [-0.05, 0) is 12.0 Å². The molecule has 0 aromatic heterocycles. The lowest BCUT2D eigenvalue weighted by Crippen LogP contribution is -2.28. The average Bonchev–Trinajstić information content (AvgIpc) is 2.42. The third-order valence-corrected chi connectivity index (χ3v) is 3.51. The highest BCUT2D eigenvalue weighted by Gasteiger charge is 2.06. The van der Waals surface area contributed by atoms with Crippen molar-refractivity contribution in [1.29, 1.82) is 0 Å². The minimum atomic E-state index is -3.49. The van der Waals surface area contributed by atoms with Crippen LogP contribution in [0.4, 0.5) is 0 Å². The summed E-state index contributed by atoms with van der Waals surface area (Å²) in [6, 6.07) is 6.66. The second-order valence-corrected chi connectivity index (χ2v) is 6.16. The summed E-state index contributed by atoms with van der Waals surface area (Å²) in [5, 5.41) is 18.9. The van der Waals surface area contributed by atoms with E-state index >= 15 is 0 Å². The summed E-state index contributed by atoms with van der Waals surface area (Å²) in [6.45, 7) is 0.247. The summed E-state index contributed by atoms with van der Waals surface area (Å²) >= 11 is 0. The zero-order valence-electron chi connectivity index (χ0n) is 11.3. The zero-order chi connectivity index (χ0) is 15.9. The normalized spacial score (nSPS) is 12.1. The highest BCUT2D eigenvalue weighted by atomic mass is 32.2. The first-order valence-corrected chi connectivity index (χ1v) is 7.87. The van der Waals surface area contributed by atoms with Gasteiger partial charge in [0.25, 0.3) is 0 Å². The summed E-state index contributed by atoms with van der Waals surface area (Å²) in [4.78, 5) is 11.6. The number of amides is 1. The van der Waals surface area contributed by atoms with Gasteiger partial charge in [0.05, 0.1) is 12.2 Å². The van der Waals surface area contributed by atoms with Crippen molar-refractivity contribution in [2.45, 2.75) is 12.8 Å². The lowest BCUT2D eigenvalue weighted by molar-refractivity contribution is -0.120. The number of hydrogen-bond donors (Lipinski definition) is 4. The van der Waals surface area contributed by atoms with Crippen LogP contribution in [0.5, 0.6) is 0 Å². The van der Waals surface area contributed by atoms with Gasteiger partial charge in [-0.3, -0.25) is 4.79 Å². The molecule has 0 fully saturated rings. The highest BCUT2D eigenvalue weighted by Crippen LogP contribution is 2.05. The lowest BCUT2D eigenvalue weighted by atomic mass is 10.1. The van der Waals surface area contributed by atoms with Crippen molar-refractivity contribution in [3.05, 3.63) is 35.4 Å². The van der Waals surface area contributed by atoms with Crippen molar-refractivity contribution < 1.29 is 18.4 Å². The molecule has 6 N–H and O–H groups in total. The highest BCUT2D eigenvalue weighted by molar-refractivity contribution is 7.89. The number of primary sulfonamides is 1. The molecule has 0 aliphatic carbocycles. The first-order chi connectivity index (χ1) is 9.81. The average molecular weight is 314 g/mol. The van der Waals surface area contributed by atoms with E-state index in [0.29, 0.717) is 5.56 Å². The number of carbonyl (C=O) groups excluding carboxylic acids is 1. The fourth-order valence-corrected chi connectivity index (χ4v) is 2.15. The quantitative estimate of drug-likeness (QED) is 0.169. The van der Waals surface area contributed by atoms with Gasteiger partial charge in [0.2, 0.25) is 15.9 Å². The van der Waals surface area contributed by atoms with Crippen molar-refractivity contribution in [3.8, 4) is 0 Å². The molecular weight excluding hydrogens is 296 g/mol. The van der Waals surface area contributed by atoms with E-state index in [0.717, 1.165) is 5.56 Å². The van der Waals surface area contributed by atoms with E-state index in [9.17, 15) is 13.2 Å². The molecule has 0 saturated heterocycles. The molecule has 21 heavy (non-hydrogen) atoms. The van der Waals surface area contributed by atoms with E-state index < -0.39 is 10.0 Å². The van der Waals surface area contributed by atoms with Crippen LogP contribution < -0.4 is 16.2 Å². The Bertz CT molecular complexity index is 611. The summed E-state index contributed by atoms with van der Waals surface area (Å²) in [7, 11) is -3.49. The number of nitrogens with one attached hydrogen (secondary N) is 1. The predicted molar refractivity (Wildman–Crippen MR) is 78.3 cm³/mol. The van der Waals surface area contributed by atoms with Crippen LogP contribution in [0.15, 0.2) is 29.4 Å². The summed E-state index contributed by atoms with van der Waals surface area (Å²) in [6.07, 6.45) is 0.429. The van der Waals surface area contributed by atoms with Crippen LogP contribution in [0.3, 0.4) is 0 Å². The minimum absolute atomic E-state index is 0.00556. The summed E-state index contributed by atoms with van der Waals surface area (Å²) < 4.78 is 21.4. The maximum atomic E-state index is 11.6.